The number of aromatic nitrogens is 3. The number of carbonyl (C=O) groups excluding carboxylic acids is 2. The van der Waals surface area contributed by atoms with Crippen LogP contribution >= 0.6 is 23.1 Å². The van der Waals surface area contributed by atoms with Crippen LogP contribution in [0.15, 0.2) is 22.7 Å². The summed E-state index contributed by atoms with van der Waals surface area (Å²) in [6, 6.07) is 4.27. The van der Waals surface area contributed by atoms with E-state index in [0.717, 1.165) is 48.1 Å². The van der Waals surface area contributed by atoms with Gasteiger partial charge in [0.1, 0.15) is 5.82 Å². The van der Waals surface area contributed by atoms with Crippen LogP contribution in [-0.2, 0) is 11.2 Å². The zero-order valence-corrected chi connectivity index (χ0v) is 19.7. The Labute approximate surface area is 192 Å². The predicted octanol–water partition coefficient (Wildman–Crippen LogP) is 3.78. The van der Waals surface area contributed by atoms with Gasteiger partial charge >= 0.3 is 0 Å². The fraction of sp³-hybridized carbons (Fsp3) is 0.636. The quantitative estimate of drug-likeness (QED) is 0.478. The highest BCUT2D eigenvalue weighted by Gasteiger charge is 2.29. The molecule has 31 heavy (non-hydrogen) atoms. The average molecular weight is 462 g/mol. The molecule has 1 saturated carbocycles. The lowest BCUT2D eigenvalue weighted by Gasteiger charge is -2.31. The van der Waals surface area contributed by atoms with Crippen LogP contribution in [0.5, 0.6) is 0 Å². The molecular weight excluding hydrogens is 430 g/mol. The van der Waals surface area contributed by atoms with Crippen molar-refractivity contribution in [2.45, 2.75) is 62.6 Å². The second kappa shape index (κ2) is 10.6. The van der Waals surface area contributed by atoms with Crippen molar-refractivity contribution in [3.63, 3.8) is 0 Å². The average Bonchev–Trinajstić information content (AvgIpc) is 3.57. The number of hydrogen-bond donors (Lipinski definition) is 1. The predicted molar refractivity (Wildman–Crippen MR) is 124 cm³/mol. The molecule has 1 aliphatic carbocycles. The van der Waals surface area contributed by atoms with Crippen molar-refractivity contribution in [2.24, 2.45) is 5.92 Å². The van der Waals surface area contributed by atoms with Gasteiger partial charge in [0.05, 0.1) is 10.8 Å². The van der Waals surface area contributed by atoms with Gasteiger partial charge in [0.2, 0.25) is 5.91 Å². The fourth-order valence-electron chi connectivity index (χ4n) is 4.68. The molecule has 1 unspecified atom stereocenters. The number of hydrogen-bond acceptors (Lipinski definition) is 6. The molecule has 2 aromatic heterocycles. The van der Waals surface area contributed by atoms with Crippen LogP contribution in [0.1, 0.15) is 66.5 Å². The molecule has 2 aliphatic rings. The van der Waals surface area contributed by atoms with E-state index >= 15 is 0 Å². The zero-order chi connectivity index (χ0) is 21.6. The number of amides is 2. The summed E-state index contributed by atoms with van der Waals surface area (Å²) in [5, 5.41) is 14.8. The third kappa shape index (κ3) is 5.31. The van der Waals surface area contributed by atoms with Gasteiger partial charge in [-0.25, -0.2) is 0 Å². The highest BCUT2D eigenvalue weighted by molar-refractivity contribution is 7.98. The molecule has 3 heterocycles. The van der Waals surface area contributed by atoms with Gasteiger partial charge in [-0.05, 0) is 49.8 Å². The number of nitrogens with zero attached hydrogens (tertiary/aromatic N) is 4. The Morgan fingerprint density at radius 2 is 2.06 bits per heavy atom. The largest absolute Gasteiger partial charge is 0.356 e. The van der Waals surface area contributed by atoms with Crippen molar-refractivity contribution in [2.75, 3.05) is 25.9 Å². The molecule has 1 atom stereocenters. The minimum absolute atomic E-state index is 0.0448. The minimum Gasteiger partial charge on any atom is -0.356 e. The summed E-state index contributed by atoms with van der Waals surface area (Å²) in [6.07, 6.45) is 10.4. The van der Waals surface area contributed by atoms with Crippen LogP contribution in [0, 0.1) is 5.92 Å². The van der Waals surface area contributed by atoms with Crippen LogP contribution in [0.4, 0.5) is 0 Å². The number of nitrogens with one attached hydrogen (secondary N) is 1. The molecule has 0 bridgehead atoms. The number of piperidine rings is 1. The summed E-state index contributed by atoms with van der Waals surface area (Å²) in [7, 11) is 0. The van der Waals surface area contributed by atoms with Gasteiger partial charge in [-0.3, -0.25) is 9.59 Å². The van der Waals surface area contributed by atoms with E-state index in [2.05, 4.69) is 26.3 Å². The lowest BCUT2D eigenvalue weighted by atomic mass is 9.97. The maximum Gasteiger partial charge on any atom is 0.263 e. The first kappa shape index (κ1) is 22.3. The maximum atomic E-state index is 12.7. The first-order valence-electron chi connectivity index (χ1n) is 11.3. The topological polar surface area (TPSA) is 80.1 Å². The number of aryl methyl sites for hydroxylation is 1. The lowest BCUT2D eigenvalue weighted by molar-refractivity contribution is -0.126. The molecule has 1 saturated heterocycles. The first-order chi connectivity index (χ1) is 15.2. The number of thioether (sulfide) groups is 1. The molecule has 2 amide bonds. The van der Waals surface area contributed by atoms with Crippen molar-refractivity contribution in [3.8, 4) is 0 Å². The van der Waals surface area contributed by atoms with E-state index in [1.807, 2.05) is 22.4 Å². The van der Waals surface area contributed by atoms with E-state index in [4.69, 9.17) is 0 Å². The van der Waals surface area contributed by atoms with Gasteiger partial charge in [-0.2, -0.15) is 0 Å². The summed E-state index contributed by atoms with van der Waals surface area (Å²) in [6.45, 7) is 1.87. The van der Waals surface area contributed by atoms with Crippen LogP contribution in [0.3, 0.4) is 0 Å². The third-order valence-corrected chi connectivity index (χ3v) is 7.80. The molecule has 4 rings (SSSR count). The van der Waals surface area contributed by atoms with Crippen LogP contribution < -0.4 is 5.32 Å². The third-order valence-electron chi connectivity index (χ3n) is 6.30. The Hall–Kier alpha value is -1.87. The molecular formula is C22H31N5O2S2. The zero-order valence-electron chi connectivity index (χ0n) is 18.1. The van der Waals surface area contributed by atoms with Crippen LogP contribution in [-0.4, -0.2) is 57.4 Å². The van der Waals surface area contributed by atoms with E-state index in [1.165, 1.54) is 37.0 Å². The highest BCUT2D eigenvalue weighted by atomic mass is 32.2. The fourth-order valence-corrected chi connectivity index (χ4v) is 5.94. The Bertz CT molecular complexity index is 877. The Morgan fingerprint density at radius 3 is 2.81 bits per heavy atom. The monoisotopic (exact) mass is 461 g/mol. The van der Waals surface area contributed by atoms with Crippen molar-refractivity contribution in [1.29, 1.82) is 0 Å². The highest BCUT2D eigenvalue weighted by Crippen LogP contribution is 2.33. The maximum absolute atomic E-state index is 12.7. The normalized spacial score (nSPS) is 19.6. The van der Waals surface area contributed by atoms with Crippen molar-refractivity contribution >= 4 is 34.9 Å². The molecule has 2 aromatic rings. The van der Waals surface area contributed by atoms with E-state index in [-0.39, 0.29) is 17.7 Å². The van der Waals surface area contributed by atoms with Gasteiger partial charge in [-0.1, -0.05) is 30.7 Å². The summed E-state index contributed by atoms with van der Waals surface area (Å²) in [5.41, 5.74) is 0. The minimum atomic E-state index is -0.122. The van der Waals surface area contributed by atoms with Gasteiger partial charge in [0.15, 0.2) is 5.16 Å². The van der Waals surface area contributed by atoms with Crippen LogP contribution in [0.2, 0.25) is 0 Å². The Morgan fingerprint density at radius 1 is 1.23 bits per heavy atom. The smallest absolute Gasteiger partial charge is 0.263 e. The number of thiophene rings is 1. The van der Waals surface area contributed by atoms with Crippen LogP contribution in [0.25, 0.3) is 0 Å². The molecule has 0 radical (unpaired) electrons. The van der Waals surface area contributed by atoms with Crippen molar-refractivity contribution in [3.05, 3.63) is 28.2 Å². The second-order valence-corrected chi connectivity index (χ2v) is 10.1. The molecule has 0 spiro atoms. The Balaban J connectivity index is 1.25. The van der Waals surface area contributed by atoms with Gasteiger partial charge < -0.3 is 14.8 Å². The van der Waals surface area contributed by atoms with Gasteiger partial charge in [0, 0.05) is 32.1 Å². The molecule has 2 fully saturated rings. The summed E-state index contributed by atoms with van der Waals surface area (Å²) in [5.74, 6) is 1.02. The standard InChI is InChI=1S/C22H31N5O2S2/c1-30-22-25-24-19(27(22)17-8-2-3-9-17)11-4-12-23-20(28)16-7-5-13-26(15-16)21(29)18-10-6-14-31-18/h6,10,14,16-17H,2-5,7-9,11-13,15H2,1H3,(H,23,28). The number of carbonyl (C=O) groups is 2. The van der Waals surface area contributed by atoms with Crippen molar-refractivity contribution in [1.82, 2.24) is 25.0 Å². The molecule has 1 N–H and O–H groups in total. The molecule has 168 valence electrons. The SMILES string of the molecule is CSc1nnc(CCCNC(=O)C2CCCN(C(=O)c3cccs3)C2)n1C1CCCC1. The van der Waals surface area contributed by atoms with E-state index < -0.39 is 0 Å². The summed E-state index contributed by atoms with van der Waals surface area (Å²) < 4.78 is 2.33. The molecule has 1 aliphatic heterocycles. The lowest BCUT2D eigenvalue weighted by Crippen LogP contribution is -2.45. The Kier molecular flexibility index (Phi) is 7.66. The van der Waals surface area contributed by atoms with E-state index in [9.17, 15) is 9.59 Å². The summed E-state index contributed by atoms with van der Waals surface area (Å²) >= 11 is 3.11. The van der Waals surface area contributed by atoms with Gasteiger partial charge in [-0.15, -0.1) is 21.5 Å². The second-order valence-electron chi connectivity index (χ2n) is 8.37. The molecule has 7 nitrogen and oxygen atoms in total. The summed E-state index contributed by atoms with van der Waals surface area (Å²) in [4.78, 5) is 27.9. The number of rotatable bonds is 8. The van der Waals surface area contributed by atoms with Gasteiger partial charge in [0.25, 0.3) is 5.91 Å². The van der Waals surface area contributed by atoms with E-state index in [0.29, 0.717) is 19.1 Å². The number of likely N-dealkylation sites (tertiary alicyclic amines) is 1. The van der Waals surface area contributed by atoms with Crippen molar-refractivity contribution < 1.29 is 9.59 Å². The molecule has 0 aromatic carbocycles. The molecule has 9 heteroatoms. The first-order valence-corrected chi connectivity index (χ1v) is 13.4. The van der Waals surface area contributed by atoms with E-state index in [1.54, 1.807) is 11.8 Å².